The molecule has 22 heavy (non-hydrogen) atoms. The van der Waals surface area contributed by atoms with Crippen LogP contribution in [0, 0.1) is 5.82 Å². The van der Waals surface area contributed by atoms with Gasteiger partial charge in [0.15, 0.2) is 0 Å². The lowest BCUT2D eigenvalue weighted by molar-refractivity contribution is 0.219. The van der Waals surface area contributed by atoms with Crippen molar-refractivity contribution in [2.24, 2.45) is 0 Å². The number of nitrogens with zero attached hydrogens (tertiary/aromatic N) is 1. The number of benzene rings is 2. The Hall–Kier alpha value is -1.87. The largest absolute Gasteiger partial charge is 0.492 e. The average Bonchev–Trinajstić information content (AvgIpc) is 3.35. The summed E-state index contributed by atoms with van der Waals surface area (Å²) in [7, 11) is 0. The zero-order valence-corrected chi connectivity index (χ0v) is 12.6. The topological polar surface area (TPSA) is 12.5 Å². The highest BCUT2D eigenvalue weighted by atomic mass is 19.1. The van der Waals surface area contributed by atoms with E-state index in [0.29, 0.717) is 12.5 Å². The summed E-state index contributed by atoms with van der Waals surface area (Å²) in [6, 6.07) is 14.0. The van der Waals surface area contributed by atoms with Crippen LogP contribution in [0.4, 0.5) is 4.39 Å². The van der Waals surface area contributed by atoms with Crippen LogP contribution in [0.1, 0.15) is 35.4 Å². The Kier molecular flexibility index (Phi) is 3.59. The van der Waals surface area contributed by atoms with Gasteiger partial charge < -0.3 is 4.74 Å². The SMILES string of the molecule is Fc1ccc2c(c1C1CC1)OCCN(Cc1ccccc1)C2. The number of fused-ring (bicyclic) bond motifs is 1. The third kappa shape index (κ3) is 2.73. The molecule has 3 heteroatoms. The molecule has 0 unspecified atom stereocenters. The Bertz CT molecular complexity index is 667. The molecule has 0 amide bonds. The van der Waals surface area contributed by atoms with Crippen LogP contribution in [0.3, 0.4) is 0 Å². The highest BCUT2D eigenvalue weighted by Crippen LogP contribution is 2.47. The summed E-state index contributed by atoms with van der Waals surface area (Å²) >= 11 is 0. The van der Waals surface area contributed by atoms with E-state index < -0.39 is 0 Å². The Balaban J connectivity index is 1.60. The summed E-state index contributed by atoms with van der Waals surface area (Å²) in [5.41, 5.74) is 3.24. The Morgan fingerprint density at radius 3 is 2.68 bits per heavy atom. The van der Waals surface area contributed by atoms with E-state index in [2.05, 4.69) is 29.2 Å². The molecule has 2 nitrogen and oxygen atoms in total. The van der Waals surface area contributed by atoms with Crippen LogP contribution in [-0.2, 0) is 13.1 Å². The lowest BCUT2D eigenvalue weighted by Gasteiger charge is -2.19. The Morgan fingerprint density at radius 2 is 1.91 bits per heavy atom. The van der Waals surface area contributed by atoms with Crippen molar-refractivity contribution in [3.63, 3.8) is 0 Å². The first kappa shape index (κ1) is 13.8. The van der Waals surface area contributed by atoms with Gasteiger partial charge >= 0.3 is 0 Å². The van der Waals surface area contributed by atoms with Crippen LogP contribution >= 0.6 is 0 Å². The van der Waals surface area contributed by atoms with Crippen molar-refractivity contribution in [1.82, 2.24) is 4.90 Å². The Morgan fingerprint density at radius 1 is 1.09 bits per heavy atom. The lowest BCUT2D eigenvalue weighted by Crippen LogP contribution is -2.25. The van der Waals surface area contributed by atoms with Gasteiger partial charge in [-0.3, -0.25) is 4.90 Å². The van der Waals surface area contributed by atoms with Gasteiger partial charge in [0, 0.05) is 30.8 Å². The van der Waals surface area contributed by atoms with Crippen molar-refractivity contribution in [2.75, 3.05) is 13.2 Å². The molecule has 114 valence electrons. The van der Waals surface area contributed by atoms with Crippen molar-refractivity contribution < 1.29 is 9.13 Å². The number of ether oxygens (including phenoxy) is 1. The number of hydrogen-bond donors (Lipinski definition) is 0. The fourth-order valence-corrected chi connectivity index (χ4v) is 3.24. The van der Waals surface area contributed by atoms with Gasteiger partial charge in [-0.05, 0) is 30.4 Å². The van der Waals surface area contributed by atoms with Crippen LogP contribution in [0.25, 0.3) is 0 Å². The molecule has 1 saturated carbocycles. The fraction of sp³-hybridized carbons (Fsp3) is 0.368. The van der Waals surface area contributed by atoms with E-state index in [-0.39, 0.29) is 5.82 Å². The van der Waals surface area contributed by atoms with Gasteiger partial charge in [0.1, 0.15) is 18.2 Å². The number of rotatable bonds is 3. The zero-order chi connectivity index (χ0) is 14.9. The highest BCUT2D eigenvalue weighted by molar-refractivity contribution is 5.46. The minimum Gasteiger partial charge on any atom is -0.492 e. The summed E-state index contributed by atoms with van der Waals surface area (Å²) in [5, 5.41) is 0. The van der Waals surface area contributed by atoms with E-state index in [9.17, 15) is 4.39 Å². The maximum Gasteiger partial charge on any atom is 0.130 e. The quantitative estimate of drug-likeness (QED) is 0.846. The Labute approximate surface area is 130 Å². The monoisotopic (exact) mass is 297 g/mol. The second-order valence-corrected chi connectivity index (χ2v) is 6.27. The predicted molar refractivity (Wildman–Crippen MR) is 84.4 cm³/mol. The molecule has 0 N–H and O–H groups in total. The molecule has 1 heterocycles. The molecule has 0 atom stereocenters. The zero-order valence-electron chi connectivity index (χ0n) is 12.6. The molecule has 0 aromatic heterocycles. The molecule has 0 spiro atoms. The molecular formula is C19H20FNO. The predicted octanol–water partition coefficient (Wildman–Crippen LogP) is 4.10. The molecule has 0 bridgehead atoms. The van der Waals surface area contributed by atoms with E-state index in [1.54, 1.807) is 6.07 Å². The van der Waals surface area contributed by atoms with Gasteiger partial charge in [-0.2, -0.15) is 0 Å². The maximum atomic E-state index is 14.2. The minimum absolute atomic E-state index is 0.0993. The molecule has 0 radical (unpaired) electrons. The minimum atomic E-state index is -0.0993. The smallest absolute Gasteiger partial charge is 0.130 e. The van der Waals surface area contributed by atoms with Crippen LogP contribution in [0.5, 0.6) is 5.75 Å². The maximum absolute atomic E-state index is 14.2. The fourth-order valence-electron chi connectivity index (χ4n) is 3.24. The van der Waals surface area contributed by atoms with Crippen molar-refractivity contribution >= 4 is 0 Å². The van der Waals surface area contributed by atoms with E-state index in [1.165, 1.54) is 5.56 Å². The van der Waals surface area contributed by atoms with E-state index in [0.717, 1.165) is 49.4 Å². The highest BCUT2D eigenvalue weighted by Gasteiger charge is 2.32. The van der Waals surface area contributed by atoms with Crippen molar-refractivity contribution in [2.45, 2.75) is 31.8 Å². The van der Waals surface area contributed by atoms with Crippen molar-refractivity contribution in [1.29, 1.82) is 0 Å². The van der Waals surface area contributed by atoms with Crippen LogP contribution < -0.4 is 4.74 Å². The summed E-state index contributed by atoms with van der Waals surface area (Å²) in [4.78, 5) is 2.37. The van der Waals surface area contributed by atoms with Gasteiger partial charge in [0.25, 0.3) is 0 Å². The molecule has 2 aromatic rings. The molecule has 4 rings (SSSR count). The van der Waals surface area contributed by atoms with Crippen LogP contribution in [-0.4, -0.2) is 18.1 Å². The van der Waals surface area contributed by atoms with E-state index >= 15 is 0 Å². The number of halogens is 1. The molecule has 2 aromatic carbocycles. The summed E-state index contributed by atoms with van der Waals surface area (Å²) in [5.74, 6) is 1.09. The van der Waals surface area contributed by atoms with Gasteiger partial charge in [-0.1, -0.05) is 36.4 Å². The molecule has 1 aliphatic heterocycles. The summed E-state index contributed by atoms with van der Waals surface area (Å²) in [6.45, 7) is 3.22. The average molecular weight is 297 g/mol. The van der Waals surface area contributed by atoms with Gasteiger partial charge in [0.05, 0.1) is 0 Å². The summed E-state index contributed by atoms with van der Waals surface area (Å²) < 4.78 is 20.1. The van der Waals surface area contributed by atoms with Crippen LogP contribution in [0.15, 0.2) is 42.5 Å². The molecular weight excluding hydrogens is 277 g/mol. The van der Waals surface area contributed by atoms with Crippen LogP contribution in [0.2, 0.25) is 0 Å². The first-order valence-electron chi connectivity index (χ1n) is 8.01. The third-order valence-electron chi connectivity index (χ3n) is 4.51. The van der Waals surface area contributed by atoms with Gasteiger partial charge in [0.2, 0.25) is 0 Å². The van der Waals surface area contributed by atoms with Gasteiger partial charge in [-0.25, -0.2) is 4.39 Å². The molecule has 1 aliphatic carbocycles. The van der Waals surface area contributed by atoms with Gasteiger partial charge in [-0.15, -0.1) is 0 Å². The first-order valence-corrected chi connectivity index (χ1v) is 8.01. The summed E-state index contributed by atoms with van der Waals surface area (Å²) in [6.07, 6.45) is 2.18. The first-order chi connectivity index (χ1) is 10.8. The van der Waals surface area contributed by atoms with Crippen molar-refractivity contribution in [3.05, 3.63) is 65.0 Å². The standard InChI is InChI=1S/C19H20FNO/c20-17-9-8-16-13-21(12-14-4-2-1-3-5-14)10-11-22-19(16)18(17)15-6-7-15/h1-5,8-9,15H,6-7,10-13H2. The van der Waals surface area contributed by atoms with E-state index in [1.807, 2.05) is 12.1 Å². The second kappa shape index (κ2) is 5.73. The molecule has 2 aliphatic rings. The third-order valence-corrected chi connectivity index (χ3v) is 4.51. The van der Waals surface area contributed by atoms with E-state index in [4.69, 9.17) is 4.74 Å². The molecule has 1 fully saturated rings. The lowest BCUT2D eigenvalue weighted by atomic mass is 10.0. The van der Waals surface area contributed by atoms with Crippen molar-refractivity contribution in [3.8, 4) is 5.75 Å². The molecule has 0 saturated heterocycles. The normalized spacial score (nSPS) is 18.4. The second-order valence-electron chi connectivity index (χ2n) is 6.27. The number of hydrogen-bond acceptors (Lipinski definition) is 2.